The third-order valence-corrected chi connectivity index (χ3v) is 12.8. The number of Topliss-reactive ketones (excluding diaryl/α,β-unsaturated/α-hetero) is 1. The number of nitrogens with two attached hydrogens (primary N) is 1. The largest absolute Gasteiger partial charge is 0.323 e. The number of nitrogens with zero attached hydrogens (tertiary/aromatic N) is 2. The molecule has 4 atom stereocenters. The summed E-state index contributed by atoms with van der Waals surface area (Å²) < 4.78 is 28.6. The average Bonchev–Trinajstić information content (AvgIpc) is 3.00. The van der Waals surface area contributed by atoms with Crippen LogP contribution in [0.1, 0.15) is 45.1 Å². The van der Waals surface area contributed by atoms with Crippen LogP contribution < -0.4 is 10.0 Å². The summed E-state index contributed by atoms with van der Waals surface area (Å²) >= 11 is 8.15. The minimum absolute atomic E-state index is 0.0241. The van der Waals surface area contributed by atoms with E-state index in [1.807, 2.05) is 19.1 Å². The number of carbonyl (C=O) groups excluding carboxylic acids is 2. The Balaban J connectivity index is 1.69. The van der Waals surface area contributed by atoms with Crippen molar-refractivity contribution in [3.05, 3.63) is 60.2 Å². The maximum Gasteiger partial charge on any atom is 0.265 e. The van der Waals surface area contributed by atoms with Gasteiger partial charge in [-0.1, -0.05) is 85.5 Å². The van der Waals surface area contributed by atoms with Gasteiger partial charge in [0.25, 0.3) is 10.0 Å². The number of likely N-dealkylation sites (N-methyl/N-ethyl adjacent to an activating group) is 1. The van der Waals surface area contributed by atoms with Crippen molar-refractivity contribution in [2.24, 2.45) is 5.73 Å². The molecule has 0 aromatic heterocycles. The normalized spacial score (nSPS) is 31.6. The molecule has 37 heavy (non-hydrogen) atoms. The number of hydrogen-bond acceptors (Lipinski definition) is 8. The summed E-state index contributed by atoms with van der Waals surface area (Å²) in [5, 5.41) is 0. The lowest BCUT2D eigenvalue weighted by Gasteiger charge is -2.48. The van der Waals surface area contributed by atoms with Crippen molar-refractivity contribution < 1.29 is 18.0 Å². The maximum atomic E-state index is 14.0. The standard InChI is InChI=1S/C26H29N3O4S4/c1-4-14-25(16-26-15-20(30)24(2,28(3)22(26)31)35-23(34)36-26)18-12-8-9-13-19(18)29(21(25)27)37(32,33)17-10-6-5-7-11-17/h5-13,21H,4,14-16,27H2,1-3H3/t21-,24-,25?,26?/m1/s1. The Kier molecular flexibility index (Phi) is 6.55. The van der Waals surface area contributed by atoms with Gasteiger partial charge in [0.15, 0.2) is 10.7 Å². The molecule has 196 valence electrons. The molecule has 0 saturated carbocycles. The third kappa shape index (κ3) is 3.80. The van der Waals surface area contributed by atoms with Crippen LogP contribution in [0.15, 0.2) is 59.5 Å². The maximum absolute atomic E-state index is 14.0. The quantitative estimate of drug-likeness (QED) is 0.510. The van der Waals surface area contributed by atoms with Gasteiger partial charge in [0.05, 0.1) is 10.6 Å². The fourth-order valence-electron chi connectivity index (χ4n) is 6.04. The summed E-state index contributed by atoms with van der Waals surface area (Å²) in [4.78, 5) is 28.1. The zero-order chi connectivity index (χ0) is 26.8. The highest BCUT2D eigenvalue weighted by atomic mass is 32.2. The van der Waals surface area contributed by atoms with Crippen LogP contribution in [-0.4, -0.2) is 51.4 Å². The van der Waals surface area contributed by atoms with E-state index in [0.717, 1.165) is 5.56 Å². The molecule has 2 N–H and O–H groups in total. The lowest BCUT2D eigenvalue weighted by molar-refractivity contribution is -0.148. The highest BCUT2D eigenvalue weighted by Crippen LogP contribution is 2.60. The summed E-state index contributed by atoms with van der Waals surface area (Å²) in [6, 6.07) is 15.6. The third-order valence-electron chi connectivity index (χ3n) is 7.95. The molecule has 3 fully saturated rings. The highest BCUT2D eigenvalue weighted by molar-refractivity contribution is 8.48. The van der Waals surface area contributed by atoms with Gasteiger partial charge < -0.3 is 10.6 Å². The number of piperidine rings is 1. The zero-order valence-corrected chi connectivity index (χ0v) is 24.1. The zero-order valence-electron chi connectivity index (χ0n) is 20.8. The van der Waals surface area contributed by atoms with Crippen molar-refractivity contribution >= 4 is 66.7 Å². The van der Waals surface area contributed by atoms with Gasteiger partial charge in [0.1, 0.15) is 14.4 Å². The van der Waals surface area contributed by atoms with Gasteiger partial charge in [-0.25, -0.2) is 12.7 Å². The second kappa shape index (κ2) is 9.08. The molecule has 4 aliphatic heterocycles. The first-order valence-electron chi connectivity index (χ1n) is 12.1. The second-order valence-corrected chi connectivity index (χ2v) is 15.9. The molecule has 2 aromatic carbocycles. The first-order valence-corrected chi connectivity index (χ1v) is 15.6. The van der Waals surface area contributed by atoms with Crippen LogP contribution in [0.3, 0.4) is 0 Å². The SMILES string of the molecule is CCCC1(CC23CC(=O)[C@@](C)(SC(=S)S2)N(C)C3=O)c2ccccc2N(S(=O)(=O)c2ccccc2)[C@H]1N. The van der Waals surface area contributed by atoms with E-state index in [1.54, 1.807) is 56.4 Å². The van der Waals surface area contributed by atoms with Crippen LogP contribution in [-0.2, 0) is 25.0 Å². The Labute approximate surface area is 231 Å². The number of sulfonamides is 1. The number of benzene rings is 2. The number of thiocarbonyl (C=S) groups is 1. The molecule has 1 amide bonds. The van der Waals surface area contributed by atoms with Crippen LogP contribution >= 0.6 is 35.7 Å². The second-order valence-electron chi connectivity index (χ2n) is 10.1. The van der Waals surface area contributed by atoms with Gasteiger partial charge in [0.2, 0.25) is 5.91 Å². The Bertz CT molecular complexity index is 1400. The van der Waals surface area contributed by atoms with E-state index in [4.69, 9.17) is 18.0 Å². The predicted molar refractivity (Wildman–Crippen MR) is 153 cm³/mol. The number of ketones is 1. The molecular formula is C26H29N3O4S4. The van der Waals surface area contributed by atoms with E-state index >= 15 is 0 Å². The summed E-state index contributed by atoms with van der Waals surface area (Å²) in [5.41, 5.74) is 7.34. The fourth-order valence-corrected chi connectivity index (χ4v) is 11.6. The molecule has 4 heterocycles. The highest BCUT2D eigenvalue weighted by Gasteiger charge is 2.65. The molecule has 0 radical (unpaired) electrons. The van der Waals surface area contributed by atoms with Crippen molar-refractivity contribution in [2.45, 2.75) is 65.6 Å². The predicted octanol–water partition coefficient (Wildman–Crippen LogP) is 4.26. The van der Waals surface area contributed by atoms with Gasteiger partial charge in [-0.05, 0) is 43.5 Å². The molecule has 6 rings (SSSR count). The molecule has 0 spiro atoms. The summed E-state index contributed by atoms with van der Waals surface area (Å²) in [7, 11) is -2.35. The number of carbonyl (C=O) groups is 2. The van der Waals surface area contributed by atoms with E-state index in [0.29, 0.717) is 22.1 Å². The van der Waals surface area contributed by atoms with E-state index < -0.39 is 31.2 Å². The number of amides is 1. The van der Waals surface area contributed by atoms with E-state index in [2.05, 4.69) is 0 Å². The minimum Gasteiger partial charge on any atom is -0.323 e. The summed E-state index contributed by atoms with van der Waals surface area (Å²) in [5.74, 6) is -0.233. The lowest BCUT2D eigenvalue weighted by Crippen LogP contribution is -2.64. The topological polar surface area (TPSA) is 101 Å². The van der Waals surface area contributed by atoms with Gasteiger partial charge in [-0.3, -0.25) is 9.59 Å². The Morgan fingerprint density at radius 1 is 1.08 bits per heavy atom. The number of anilines is 1. The molecule has 2 aromatic rings. The molecule has 4 aliphatic rings. The molecular weight excluding hydrogens is 547 g/mol. The van der Waals surface area contributed by atoms with Gasteiger partial charge in [-0.15, -0.1) is 0 Å². The van der Waals surface area contributed by atoms with Crippen molar-refractivity contribution in [1.29, 1.82) is 0 Å². The van der Waals surface area contributed by atoms with Gasteiger partial charge in [0, 0.05) is 18.9 Å². The lowest BCUT2D eigenvalue weighted by atomic mass is 9.68. The Morgan fingerprint density at radius 3 is 2.41 bits per heavy atom. The summed E-state index contributed by atoms with van der Waals surface area (Å²) in [6.45, 7) is 3.76. The molecule has 7 nitrogen and oxygen atoms in total. The van der Waals surface area contributed by atoms with E-state index in [-0.39, 0.29) is 29.4 Å². The molecule has 2 unspecified atom stereocenters. The van der Waals surface area contributed by atoms with Crippen molar-refractivity contribution in [3.63, 3.8) is 0 Å². The monoisotopic (exact) mass is 575 g/mol. The van der Waals surface area contributed by atoms with Crippen LogP contribution in [0.25, 0.3) is 0 Å². The Hall–Kier alpha value is -1.92. The smallest absolute Gasteiger partial charge is 0.265 e. The first kappa shape index (κ1) is 26.7. The average molecular weight is 576 g/mol. The van der Waals surface area contributed by atoms with Crippen LogP contribution in [0.4, 0.5) is 5.69 Å². The molecule has 0 aliphatic carbocycles. The number of fused-ring (bicyclic) bond motifs is 5. The number of rotatable bonds is 6. The number of thioether (sulfide) groups is 2. The molecule has 2 bridgehead atoms. The molecule has 3 saturated heterocycles. The van der Waals surface area contributed by atoms with Gasteiger partial charge in [-0.2, -0.15) is 0 Å². The number of hydrogen-bond donors (Lipinski definition) is 1. The van der Waals surface area contributed by atoms with Crippen molar-refractivity contribution in [1.82, 2.24) is 4.90 Å². The van der Waals surface area contributed by atoms with Crippen molar-refractivity contribution in [3.8, 4) is 0 Å². The fraction of sp³-hybridized carbons (Fsp3) is 0.423. The minimum atomic E-state index is -4.00. The Morgan fingerprint density at radius 2 is 1.73 bits per heavy atom. The number of para-hydroxylation sites is 1. The first-order chi connectivity index (χ1) is 17.4. The van der Waals surface area contributed by atoms with Crippen molar-refractivity contribution in [2.75, 3.05) is 11.4 Å². The van der Waals surface area contributed by atoms with E-state index in [9.17, 15) is 18.0 Å². The van der Waals surface area contributed by atoms with Gasteiger partial charge >= 0.3 is 0 Å². The van der Waals surface area contributed by atoms with Crippen LogP contribution in [0, 0.1) is 0 Å². The summed E-state index contributed by atoms with van der Waals surface area (Å²) in [6.07, 6.45) is 0.489. The van der Waals surface area contributed by atoms with E-state index in [1.165, 1.54) is 32.7 Å². The molecule has 11 heteroatoms. The van der Waals surface area contributed by atoms with Crippen LogP contribution in [0.5, 0.6) is 0 Å². The van der Waals surface area contributed by atoms with Crippen LogP contribution in [0.2, 0.25) is 0 Å².